The lowest BCUT2D eigenvalue weighted by Crippen LogP contribution is -1.79. The van der Waals surface area contributed by atoms with Gasteiger partial charge in [-0.15, -0.1) is 0 Å². The van der Waals surface area contributed by atoms with E-state index < -0.39 is 0 Å². The second-order valence-corrected chi connectivity index (χ2v) is 5.10. The van der Waals surface area contributed by atoms with E-state index in [0.29, 0.717) is 5.89 Å². The van der Waals surface area contributed by atoms with Crippen molar-refractivity contribution in [3.63, 3.8) is 0 Å². The molecule has 0 amide bonds. The van der Waals surface area contributed by atoms with E-state index in [1.54, 1.807) is 0 Å². The molecule has 0 fully saturated rings. The lowest BCUT2D eigenvalue weighted by Gasteiger charge is -1.94. The Bertz CT molecular complexity index is 685. The minimum atomic E-state index is 0.672. The molecule has 0 aliphatic rings. The van der Waals surface area contributed by atoms with Gasteiger partial charge in [0.2, 0.25) is 5.89 Å². The van der Waals surface area contributed by atoms with Gasteiger partial charge in [-0.25, -0.2) is 4.98 Å². The minimum Gasteiger partial charge on any atom is -0.436 e. The standard InChI is InChI=1S/C15H12BrNO/c1-2-10-3-8-14-13(9-10)17-15(18-14)11-4-6-12(16)7-5-11/h3-9H,2H2,1H3. The van der Waals surface area contributed by atoms with Crippen LogP contribution < -0.4 is 0 Å². The van der Waals surface area contributed by atoms with Gasteiger partial charge in [0, 0.05) is 10.0 Å². The van der Waals surface area contributed by atoms with Gasteiger partial charge in [0.05, 0.1) is 0 Å². The zero-order chi connectivity index (χ0) is 12.5. The zero-order valence-electron chi connectivity index (χ0n) is 9.98. The topological polar surface area (TPSA) is 26.0 Å². The normalized spacial score (nSPS) is 11.0. The SMILES string of the molecule is CCc1ccc2oc(-c3ccc(Br)cc3)nc2c1. The summed E-state index contributed by atoms with van der Waals surface area (Å²) in [6.45, 7) is 2.14. The van der Waals surface area contributed by atoms with Gasteiger partial charge < -0.3 is 4.42 Å². The maximum Gasteiger partial charge on any atom is 0.227 e. The van der Waals surface area contributed by atoms with Crippen LogP contribution in [0.25, 0.3) is 22.6 Å². The van der Waals surface area contributed by atoms with Gasteiger partial charge in [-0.1, -0.05) is 28.9 Å². The molecule has 0 aliphatic heterocycles. The molecule has 0 unspecified atom stereocenters. The summed E-state index contributed by atoms with van der Waals surface area (Å²) in [5.41, 5.74) is 4.03. The summed E-state index contributed by atoms with van der Waals surface area (Å²) in [6.07, 6.45) is 1.01. The van der Waals surface area contributed by atoms with Gasteiger partial charge in [0.1, 0.15) is 5.52 Å². The Labute approximate surface area is 114 Å². The summed E-state index contributed by atoms with van der Waals surface area (Å²) in [5.74, 6) is 0.672. The molecular weight excluding hydrogens is 290 g/mol. The van der Waals surface area contributed by atoms with Crippen molar-refractivity contribution >= 4 is 27.0 Å². The number of aromatic nitrogens is 1. The number of hydrogen-bond donors (Lipinski definition) is 0. The number of rotatable bonds is 2. The van der Waals surface area contributed by atoms with Crippen LogP contribution in [-0.2, 0) is 6.42 Å². The summed E-state index contributed by atoms with van der Waals surface area (Å²) in [4.78, 5) is 4.54. The Hall–Kier alpha value is -1.61. The van der Waals surface area contributed by atoms with Crippen molar-refractivity contribution in [2.75, 3.05) is 0 Å². The van der Waals surface area contributed by atoms with Crippen molar-refractivity contribution in [1.82, 2.24) is 4.98 Å². The Morgan fingerprint density at radius 3 is 2.61 bits per heavy atom. The predicted molar refractivity (Wildman–Crippen MR) is 76.5 cm³/mol. The molecule has 0 radical (unpaired) electrons. The average molecular weight is 302 g/mol. The van der Waals surface area contributed by atoms with Crippen molar-refractivity contribution in [1.29, 1.82) is 0 Å². The van der Waals surface area contributed by atoms with E-state index in [4.69, 9.17) is 4.42 Å². The Morgan fingerprint density at radius 1 is 1.11 bits per heavy atom. The molecule has 1 aromatic heterocycles. The summed E-state index contributed by atoms with van der Waals surface area (Å²) < 4.78 is 6.82. The fraction of sp³-hybridized carbons (Fsp3) is 0.133. The molecule has 0 bridgehead atoms. The first-order valence-electron chi connectivity index (χ1n) is 5.91. The Balaban J connectivity index is 2.10. The van der Waals surface area contributed by atoms with Gasteiger partial charge in [-0.2, -0.15) is 0 Å². The van der Waals surface area contributed by atoms with E-state index in [1.165, 1.54) is 5.56 Å². The molecule has 2 nitrogen and oxygen atoms in total. The number of benzene rings is 2. The predicted octanol–water partition coefficient (Wildman–Crippen LogP) is 4.82. The van der Waals surface area contributed by atoms with Crippen molar-refractivity contribution in [3.05, 3.63) is 52.5 Å². The maximum atomic E-state index is 5.77. The van der Waals surface area contributed by atoms with Crippen LogP contribution in [0.2, 0.25) is 0 Å². The number of aryl methyl sites for hydroxylation is 1. The number of nitrogens with zero attached hydrogens (tertiary/aromatic N) is 1. The fourth-order valence-electron chi connectivity index (χ4n) is 1.91. The van der Waals surface area contributed by atoms with Gasteiger partial charge in [-0.05, 0) is 48.4 Å². The second-order valence-electron chi connectivity index (χ2n) is 4.18. The molecule has 90 valence electrons. The van der Waals surface area contributed by atoms with Crippen molar-refractivity contribution < 1.29 is 4.42 Å². The van der Waals surface area contributed by atoms with E-state index >= 15 is 0 Å². The smallest absolute Gasteiger partial charge is 0.227 e. The fourth-order valence-corrected chi connectivity index (χ4v) is 2.17. The van der Waals surface area contributed by atoms with Crippen LogP contribution in [0.15, 0.2) is 51.4 Å². The van der Waals surface area contributed by atoms with E-state index in [0.717, 1.165) is 27.6 Å². The first kappa shape index (κ1) is 11.5. The first-order valence-corrected chi connectivity index (χ1v) is 6.71. The van der Waals surface area contributed by atoms with Gasteiger partial charge in [0.25, 0.3) is 0 Å². The van der Waals surface area contributed by atoms with Crippen molar-refractivity contribution in [2.45, 2.75) is 13.3 Å². The monoisotopic (exact) mass is 301 g/mol. The molecule has 18 heavy (non-hydrogen) atoms. The van der Waals surface area contributed by atoms with Gasteiger partial charge in [-0.3, -0.25) is 0 Å². The molecule has 0 aliphatic carbocycles. The molecule has 0 saturated heterocycles. The lowest BCUT2D eigenvalue weighted by atomic mass is 10.1. The first-order chi connectivity index (χ1) is 8.76. The molecule has 3 heteroatoms. The quantitative estimate of drug-likeness (QED) is 0.678. The summed E-state index contributed by atoms with van der Waals surface area (Å²) >= 11 is 3.42. The third-order valence-corrected chi connectivity index (χ3v) is 3.48. The lowest BCUT2D eigenvalue weighted by molar-refractivity contribution is 0.620. The number of fused-ring (bicyclic) bond motifs is 1. The molecule has 0 atom stereocenters. The zero-order valence-corrected chi connectivity index (χ0v) is 11.6. The highest BCUT2D eigenvalue weighted by Crippen LogP contribution is 2.26. The number of hydrogen-bond acceptors (Lipinski definition) is 2. The molecular formula is C15H12BrNO. The van der Waals surface area contributed by atoms with Gasteiger partial charge >= 0.3 is 0 Å². The van der Waals surface area contributed by atoms with E-state index in [-0.39, 0.29) is 0 Å². The van der Waals surface area contributed by atoms with Crippen LogP contribution in [0.1, 0.15) is 12.5 Å². The van der Waals surface area contributed by atoms with Crippen LogP contribution in [-0.4, -0.2) is 4.98 Å². The molecule has 2 aromatic carbocycles. The number of halogens is 1. The second kappa shape index (κ2) is 4.58. The van der Waals surface area contributed by atoms with E-state index in [2.05, 4.69) is 40.0 Å². The highest BCUT2D eigenvalue weighted by molar-refractivity contribution is 9.10. The largest absolute Gasteiger partial charge is 0.436 e. The third kappa shape index (κ3) is 2.06. The minimum absolute atomic E-state index is 0.672. The molecule has 3 aromatic rings. The van der Waals surface area contributed by atoms with Crippen LogP contribution in [0, 0.1) is 0 Å². The number of oxazole rings is 1. The van der Waals surface area contributed by atoms with Crippen LogP contribution in [0.4, 0.5) is 0 Å². The van der Waals surface area contributed by atoms with Crippen molar-refractivity contribution in [3.8, 4) is 11.5 Å². The van der Waals surface area contributed by atoms with Crippen LogP contribution >= 0.6 is 15.9 Å². The Morgan fingerprint density at radius 2 is 1.89 bits per heavy atom. The maximum absolute atomic E-state index is 5.77. The Kier molecular flexibility index (Phi) is 2.92. The third-order valence-electron chi connectivity index (χ3n) is 2.95. The highest BCUT2D eigenvalue weighted by Gasteiger charge is 2.08. The van der Waals surface area contributed by atoms with E-state index in [9.17, 15) is 0 Å². The summed E-state index contributed by atoms with van der Waals surface area (Å²) in [5, 5.41) is 0. The molecule has 0 saturated carbocycles. The van der Waals surface area contributed by atoms with E-state index in [1.807, 2.05) is 30.3 Å². The van der Waals surface area contributed by atoms with Crippen LogP contribution in [0.5, 0.6) is 0 Å². The molecule has 3 rings (SSSR count). The van der Waals surface area contributed by atoms with Gasteiger partial charge in [0.15, 0.2) is 5.58 Å². The molecule has 0 spiro atoms. The highest BCUT2D eigenvalue weighted by atomic mass is 79.9. The molecule has 1 heterocycles. The molecule has 0 N–H and O–H groups in total. The summed E-state index contributed by atoms with van der Waals surface area (Å²) in [7, 11) is 0. The van der Waals surface area contributed by atoms with Crippen molar-refractivity contribution in [2.24, 2.45) is 0 Å². The average Bonchev–Trinajstić information content (AvgIpc) is 2.82. The summed E-state index contributed by atoms with van der Waals surface area (Å²) in [6, 6.07) is 14.1. The van der Waals surface area contributed by atoms with Crippen LogP contribution in [0.3, 0.4) is 0 Å².